The Morgan fingerprint density at radius 2 is 2.00 bits per heavy atom. The molecule has 4 nitrogen and oxygen atoms in total. The summed E-state index contributed by atoms with van der Waals surface area (Å²) in [4.78, 5) is 18.4. The van der Waals surface area contributed by atoms with E-state index in [4.69, 9.17) is 0 Å². The number of rotatable bonds is 1. The summed E-state index contributed by atoms with van der Waals surface area (Å²) in [6, 6.07) is 0. The van der Waals surface area contributed by atoms with E-state index in [2.05, 4.69) is 16.8 Å². The summed E-state index contributed by atoms with van der Waals surface area (Å²) in [7, 11) is 1.80. The monoisotopic (exact) mass is 221 g/mol. The Bertz CT molecular complexity index is 430. The van der Waals surface area contributed by atoms with Crippen molar-refractivity contribution >= 4 is 5.95 Å². The lowest BCUT2D eigenvalue weighted by Crippen LogP contribution is -2.37. The van der Waals surface area contributed by atoms with E-state index in [1.807, 2.05) is 0 Å². The summed E-state index contributed by atoms with van der Waals surface area (Å²) in [5.41, 5.74) is 0.764. The van der Waals surface area contributed by atoms with Gasteiger partial charge in [-0.05, 0) is 25.7 Å². The van der Waals surface area contributed by atoms with Crippen molar-refractivity contribution in [3.8, 4) is 0 Å². The molecule has 0 aromatic carbocycles. The molecule has 1 fully saturated rings. The van der Waals surface area contributed by atoms with Gasteiger partial charge in [0.25, 0.3) is 5.56 Å². The van der Waals surface area contributed by atoms with E-state index in [1.54, 1.807) is 24.7 Å². The number of nitrogens with zero attached hydrogens (tertiary/aromatic N) is 3. The quantitative estimate of drug-likeness (QED) is 0.718. The topological polar surface area (TPSA) is 38.1 Å². The third kappa shape index (κ3) is 1.96. The summed E-state index contributed by atoms with van der Waals surface area (Å²) in [6.07, 6.45) is 4.04. The van der Waals surface area contributed by atoms with Crippen LogP contribution in [0, 0.1) is 12.8 Å². The molecule has 0 radical (unpaired) electrons. The largest absolute Gasteiger partial charge is 0.342 e. The number of aromatic nitrogens is 2. The molecule has 1 aliphatic heterocycles. The summed E-state index contributed by atoms with van der Waals surface area (Å²) < 4.78 is 1.66. The van der Waals surface area contributed by atoms with Crippen molar-refractivity contribution in [3.63, 3.8) is 0 Å². The predicted molar refractivity (Wildman–Crippen MR) is 64.8 cm³/mol. The first-order valence-corrected chi connectivity index (χ1v) is 5.87. The summed E-state index contributed by atoms with van der Waals surface area (Å²) in [5.74, 6) is 1.60. The summed E-state index contributed by atoms with van der Waals surface area (Å²) in [6.45, 7) is 6.09. The van der Waals surface area contributed by atoms with Gasteiger partial charge in [-0.1, -0.05) is 6.92 Å². The van der Waals surface area contributed by atoms with Gasteiger partial charge in [0.05, 0.1) is 0 Å². The highest BCUT2D eigenvalue weighted by molar-refractivity contribution is 5.32. The van der Waals surface area contributed by atoms with Crippen LogP contribution in [0.1, 0.15) is 25.3 Å². The molecule has 0 unspecified atom stereocenters. The molecule has 0 saturated carbocycles. The molecule has 16 heavy (non-hydrogen) atoms. The van der Waals surface area contributed by atoms with E-state index < -0.39 is 0 Å². The number of aryl methyl sites for hydroxylation is 1. The minimum atomic E-state index is 0.0589. The Morgan fingerprint density at radius 3 is 2.62 bits per heavy atom. The van der Waals surface area contributed by atoms with Crippen molar-refractivity contribution in [3.05, 3.63) is 22.1 Å². The Hall–Kier alpha value is -1.32. The van der Waals surface area contributed by atoms with Gasteiger partial charge in [-0.25, -0.2) is 4.98 Å². The number of anilines is 1. The van der Waals surface area contributed by atoms with Gasteiger partial charge in [-0.15, -0.1) is 0 Å². The van der Waals surface area contributed by atoms with Gasteiger partial charge in [0.2, 0.25) is 5.95 Å². The third-order valence-electron chi connectivity index (χ3n) is 3.38. The van der Waals surface area contributed by atoms with Gasteiger partial charge in [0.1, 0.15) is 0 Å². The average Bonchev–Trinajstić information content (AvgIpc) is 2.28. The molecule has 1 saturated heterocycles. The van der Waals surface area contributed by atoms with Crippen molar-refractivity contribution in [1.82, 2.24) is 9.55 Å². The van der Waals surface area contributed by atoms with Gasteiger partial charge < -0.3 is 4.90 Å². The molecule has 1 aliphatic rings. The Morgan fingerprint density at radius 1 is 1.38 bits per heavy atom. The SMILES string of the molecule is Cc1cnc(N2CCC(C)CC2)n(C)c1=O. The molecule has 0 N–H and O–H groups in total. The Kier molecular flexibility index (Phi) is 2.99. The van der Waals surface area contributed by atoms with E-state index >= 15 is 0 Å². The maximum atomic E-state index is 11.8. The number of hydrogen-bond donors (Lipinski definition) is 0. The van der Waals surface area contributed by atoms with Gasteiger partial charge in [0.15, 0.2) is 0 Å². The lowest BCUT2D eigenvalue weighted by Gasteiger charge is -2.31. The van der Waals surface area contributed by atoms with E-state index in [1.165, 1.54) is 12.8 Å². The summed E-state index contributed by atoms with van der Waals surface area (Å²) in [5, 5.41) is 0. The molecule has 1 aromatic rings. The summed E-state index contributed by atoms with van der Waals surface area (Å²) >= 11 is 0. The van der Waals surface area contributed by atoms with Gasteiger partial charge in [-0.2, -0.15) is 0 Å². The molecule has 0 bridgehead atoms. The molecule has 0 aliphatic carbocycles. The van der Waals surface area contributed by atoms with Gasteiger partial charge in [0, 0.05) is 31.9 Å². The van der Waals surface area contributed by atoms with E-state index in [0.29, 0.717) is 5.56 Å². The number of hydrogen-bond acceptors (Lipinski definition) is 3. The normalized spacial score (nSPS) is 17.8. The maximum absolute atomic E-state index is 11.8. The fourth-order valence-electron chi connectivity index (χ4n) is 2.15. The van der Waals surface area contributed by atoms with E-state index in [-0.39, 0.29) is 5.56 Å². The third-order valence-corrected chi connectivity index (χ3v) is 3.38. The molecule has 2 heterocycles. The van der Waals surface area contributed by atoms with E-state index in [9.17, 15) is 4.79 Å². The molecule has 1 aromatic heterocycles. The zero-order chi connectivity index (χ0) is 11.7. The Balaban J connectivity index is 2.28. The van der Waals surface area contributed by atoms with Crippen LogP contribution in [0.4, 0.5) is 5.95 Å². The van der Waals surface area contributed by atoms with Crippen molar-refractivity contribution in [2.45, 2.75) is 26.7 Å². The van der Waals surface area contributed by atoms with Crippen molar-refractivity contribution in [2.75, 3.05) is 18.0 Å². The van der Waals surface area contributed by atoms with Gasteiger partial charge in [-0.3, -0.25) is 9.36 Å². The van der Waals surface area contributed by atoms with Crippen LogP contribution in [0.15, 0.2) is 11.0 Å². The lowest BCUT2D eigenvalue weighted by molar-refractivity contribution is 0.431. The maximum Gasteiger partial charge on any atom is 0.257 e. The van der Waals surface area contributed by atoms with Gasteiger partial charge >= 0.3 is 0 Å². The first kappa shape index (κ1) is 11.2. The fraction of sp³-hybridized carbons (Fsp3) is 0.667. The van der Waals surface area contributed by atoms with Crippen LogP contribution in [0.2, 0.25) is 0 Å². The molecular formula is C12H19N3O. The highest BCUT2D eigenvalue weighted by Crippen LogP contribution is 2.19. The molecule has 0 spiro atoms. The Labute approximate surface area is 95.9 Å². The molecule has 88 valence electrons. The smallest absolute Gasteiger partial charge is 0.257 e. The average molecular weight is 221 g/mol. The van der Waals surface area contributed by atoms with Crippen LogP contribution in [0.25, 0.3) is 0 Å². The minimum Gasteiger partial charge on any atom is -0.342 e. The van der Waals surface area contributed by atoms with Crippen LogP contribution in [-0.2, 0) is 7.05 Å². The van der Waals surface area contributed by atoms with Crippen molar-refractivity contribution < 1.29 is 0 Å². The predicted octanol–water partition coefficient (Wildman–Crippen LogP) is 1.33. The second-order valence-corrected chi connectivity index (χ2v) is 4.77. The first-order valence-electron chi connectivity index (χ1n) is 5.87. The van der Waals surface area contributed by atoms with Crippen LogP contribution in [0.5, 0.6) is 0 Å². The highest BCUT2D eigenvalue weighted by atomic mass is 16.1. The molecule has 2 rings (SSSR count). The molecule has 0 amide bonds. The van der Waals surface area contributed by atoms with Crippen LogP contribution in [0.3, 0.4) is 0 Å². The molecule has 0 atom stereocenters. The molecular weight excluding hydrogens is 202 g/mol. The second kappa shape index (κ2) is 4.28. The first-order chi connectivity index (χ1) is 7.59. The van der Waals surface area contributed by atoms with Crippen molar-refractivity contribution in [1.29, 1.82) is 0 Å². The second-order valence-electron chi connectivity index (χ2n) is 4.77. The van der Waals surface area contributed by atoms with Crippen LogP contribution < -0.4 is 10.5 Å². The molecule has 4 heteroatoms. The minimum absolute atomic E-state index is 0.0589. The van der Waals surface area contributed by atoms with Crippen molar-refractivity contribution in [2.24, 2.45) is 13.0 Å². The van der Waals surface area contributed by atoms with Crippen LogP contribution >= 0.6 is 0 Å². The zero-order valence-electron chi connectivity index (χ0n) is 10.2. The van der Waals surface area contributed by atoms with Crippen LogP contribution in [-0.4, -0.2) is 22.6 Å². The number of piperidine rings is 1. The van der Waals surface area contributed by atoms with E-state index in [0.717, 1.165) is 25.0 Å². The zero-order valence-corrected chi connectivity index (χ0v) is 10.2. The highest BCUT2D eigenvalue weighted by Gasteiger charge is 2.19. The lowest BCUT2D eigenvalue weighted by atomic mass is 10.00. The fourth-order valence-corrected chi connectivity index (χ4v) is 2.15. The standard InChI is InChI=1S/C12H19N3O/c1-9-4-6-15(7-5-9)12-13-8-10(2)11(16)14(12)3/h8-9H,4-7H2,1-3H3.